The number of anilines is 1. The maximum Gasteiger partial charge on any atom is 0.136 e. The van der Waals surface area contributed by atoms with Gasteiger partial charge in [0.2, 0.25) is 0 Å². The van der Waals surface area contributed by atoms with Gasteiger partial charge < -0.3 is 16.0 Å². The molecule has 3 N–H and O–H groups in total. The van der Waals surface area contributed by atoms with Crippen LogP contribution in [0.3, 0.4) is 0 Å². The van der Waals surface area contributed by atoms with Gasteiger partial charge in [-0.1, -0.05) is 0 Å². The average molecular weight is 166 g/mol. The van der Waals surface area contributed by atoms with Gasteiger partial charge in [-0.25, -0.2) is 0 Å². The molecular weight excluding hydrogens is 152 g/mol. The molecule has 1 atom stereocenters. The third-order valence-electron chi connectivity index (χ3n) is 1.97. The normalized spacial score (nSPS) is 13.0. The summed E-state index contributed by atoms with van der Waals surface area (Å²) < 4.78 is 0. The molecule has 0 fully saturated rings. The molecule has 1 aromatic carbocycles. The van der Waals surface area contributed by atoms with E-state index in [0.29, 0.717) is 5.69 Å². The lowest BCUT2D eigenvalue weighted by Gasteiger charge is -2.19. The van der Waals surface area contributed by atoms with E-state index in [4.69, 9.17) is 5.73 Å². The number of hydrogen-bond donors (Lipinski definition) is 2. The standard InChI is InChI=1S/C9H14N2O/c1-6-4-8(10)7(2)9(5-6)11(3)12/h4-5,11H,10H2,1-3H3. The predicted octanol–water partition coefficient (Wildman–Crippen LogP) is 0.530. The monoisotopic (exact) mass is 166 g/mol. The molecule has 3 heteroatoms. The summed E-state index contributed by atoms with van der Waals surface area (Å²) in [4.78, 5) is 0. The van der Waals surface area contributed by atoms with Crippen LogP contribution in [0.25, 0.3) is 0 Å². The second-order valence-electron chi connectivity index (χ2n) is 3.08. The van der Waals surface area contributed by atoms with Crippen molar-refractivity contribution in [3.63, 3.8) is 0 Å². The number of quaternary nitrogens is 1. The van der Waals surface area contributed by atoms with Crippen molar-refractivity contribution in [3.8, 4) is 0 Å². The van der Waals surface area contributed by atoms with E-state index >= 15 is 0 Å². The van der Waals surface area contributed by atoms with Gasteiger partial charge >= 0.3 is 0 Å². The Bertz CT molecular complexity index is 295. The number of hydrogen-bond acceptors (Lipinski definition) is 2. The Kier molecular flexibility index (Phi) is 2.35. The van der Waals surface area contributed by atoms with E-state index in [1.54, 1.807) is 7.05 Å². The van der Waals surface area contributed by atoms with Crippen LogP contribution in [0, 0.1) is 19.1 Å². The van der Waals surface area contributed by atoms with Gasteiger partial charge in [0.1, 0.15) is 5.69 Å². The Morgan fingerprint density at radius 2 is 1.92 bits per heavy atom. The van der Waals surface area contributed by atoms with E-state index in [0.717, 1.165) is 16.8 Å². The summed E-state index contributed by atoms with van der Waals surface area (Å²) >= 11 is 0. The smallest absolute Gasteiger partial charge is 0.136 e. The molecule has 1 unspecified atom stereocenters. The molecule has 0 bridgehead atoms. The number of nitrogens with two attached hydrogens (primary N) is 1. The van der Waals surface area contributed by atoms with Crippen molar-refractivity contribution in [1.82, 2.24) is 0 Å². The summed E-state index contributed by atoms with van der Waals surface area (Å²) in [6.07, 6.45) is 0. The van der Waals surface area contributed by atoms with Crippen LogP contribution in [0.15, 0.2) is 12.1 Å². The van der Waals surface area contributed by atoms with Gasteiger partial charge in [0.05, 0.1) is 7.05 Å². The number of nitrogens with one attached hydrogen (secondary N) is 1. The fraction of sp³-hybridized carbons (Fsp3) is 0.333. The first-order chi connectivity index (χ1) is 5.52. The van der Waals surface area contributed by atoms with Gasteiger partial charge in [-0.05, 0) is 25.5 Å². The highest BCUT2D eigenvalue weighted by molar-refractivity contribution is 5.58. The topological polar surface area (TPSA) is 53.5 Å². The van der Waals surface area contributed by atoms with Crippen molar-refractivity contribution < 1.29 is 5.06 Å². The lowest BCUT2D eigenvalue weighted by atomic mass is 10.1. The van der Waals surface area contributed by atoms with Gasteiger partial charge in [0.15, 0.2) is 0 Å². The van der Waals surface area contributed by atoms with Crippen molar-refractivity contribution in [1.29, 1.82) is 0 Å². The first kappa shape index (κ1) is 9.03. The summed E-state index contributed by atoms with van der Waals surface area (Å²) in [5.41, 5.74) is 9.04. The zero-order chi connectivity index (χ0) is 9.30. The molecule has 0 saturated heterocycles. The molecule has 0 heterocycles. The van der Waals surface area contributed by atoms with Crippen LogP contribution >= 0.6 is 0 Å². The Balaban J connectivity index is 3.28. The fourth-order valence-corrected chi connectivity index (χ4v) is 1.25. The second kappa shape index (κ2) is 3.13. The second-order valence-corrected chi connectivity index (χ2v) is 3.08. The number of rotatable bonds is 1. The van der Waals surface area contributed by atoms with Gasteiger partial charge in [0, 0.05) is 17.3 Å². The van der Waals surface area contributed by atoms with Gasteiger partial charge in [-0.15, -0.1) is 0 Å². The Hall–Kier alpha value is -1.06. The Morgan fingerprint density at radius 3 is 2.42 bits per heavy atom. The van der Waals surface area contributed by atoms with Crippen LogP contribution in [0.2, 0.25) is 0 Å². The van der Waals surface area contributed by atoms with Crippen LogP contribution in [-0.4, -0.2) is 7.05 Å². The van der Waals surface area contributed by atoms with Crippen LogP contribution in [0.1, 0.15) is 11.1 Å². The van der Waals surface area contributed by atoms with E-state index in [1.165, 1.54) is 0 Å². The van der Waals surface area contributed by atoms with Crippen LogP contribution < -0.4 is 10.8 Å². The number of aryl methyl sites for hydroxylation is 1. The summed E-state index contributed by atoms with van der Waals surface area (Å²) in [5.74, 6) is 0. The molecule has 0 saturated carbocycles. The predicted molar refractivity (Wildman–Crippen MR) is 50.2 cm³/mol. The van der Waals surface area contributed by atoms with Crippen LogP contribution in [0.4, 0.5) is 11.4 Å². The van der Waals surface area contributed by atoms with Crippen molar-refractivity contribution in [2.75, 3.05) is 12.8 Å². The van der Waals surface area contributed by atoms with E-state index in [-0.39, 0.29) is 5.06 Å². The number of benzene rings is 1. The number of nitrogen functional groups attached to an aromatic ring is 1. The summed E-state index contributed by atoms with van der Waals surface area (Å²) in [5, 5.41) is 11.2. The first-order valence-electron chi connectivity index (χ1n) is 3.90. The lowest BCUT2D eigenvalue weighted by Crippen LogP contribution is -2.98. The largest absolute Gasteiger partial charge is 0.629 e. The molecule has 0 aliphatic rings. The molecule has 66 valence electrons. The maximum atomic E-state index is 11.1. The molecule has 0 aromatic heterocycles. The van der Waals surface area contributed by atoms with Crippen molar-refractivity contribution in [2.45, 2.75) is 13.8 Å². The third-order valence-corrected chi connectivity index (χ3v) is 1.97. The molecule has 12 heavy (non-hydrogen) atoms. The molecule has 0 spiro atoms. The van der Waals surface area contributed by atoms with Crippen molar-refractivity contribution in [2.24, 2.45) is 0 Å². The molecule has 1 rings (SSSR count). The highest BCUT2D eigenvalue weighted by Crippen LogP contribution is 2.19. The van der Waals surface area contributed by atoms with Crippen LogP contribution in [0.5, 0.6) is 0 Å². The van der Waals surface area contributed by atoms with E-state index < -0.39 is 0 Å². The molecule has 0 radical (unpaired) electrons. The third kappa shape index (κ3) is 1.57. The SMILES string of the molecule is Cc1cc(N)c(C)c([NH+](C)[O-])c1. The minimum atomic E-state index is 0.0721. The van der Waals surface area contributed by atoms with Gasteiger partial charge in [-0.2, -0.15) is 0 Å². The van der Waals surface area contributed by atoms with Crippen molar-refractivity contribution >= 4 is 11.4 Å². The highest BCUT2D eigenvalue weighted by atomic mass is 16.5. The van der Waals surface area contributed by atoms with Crippen LogP contribution in [-0.2, 0) is 0 Å². The fourth-order valence-electron chi connectivity index (χ4n) is 1.25. The zero-order valence-corrected chi connectivity index (χ0v) is 7.64. The minimum absolute atomic E-state index is 0.0721. The molecule has 0 aliphatic heterocycles. The highest BCUT2D eigenvalue weighted by Gasteiger charge is 2.06. The Labute approximate surface area is 72.4 Å². The summed E-state index contributed by atoms with van der Waals surface area (Å²) in [6.45, 7) is 3.80. The quantitative estimate of drug-likeness (QED) is 0.472. The minimum Gasteiger partial charge on any atom is -0.629 e. The molecule has 0 amide bonds. The molecule has 3 nitrogen and oxygen atoms in total. The lowest BCUT2D eigenvalue weighted by molar-refractivity contribution is -0.751. The first-order valence-corrected chi connectivity index (χ1v) is 3.90. The average Bonchev–Trinajstić information content (AvgIpc) is 1.96. The molecular formula is C9H14N2O. The van der Waals surface area contributed by atoms with Gasteiger partial charge in [0.25, 0.3) is 0 Å². The van der Waals surface area contributed by atoms with Crippen molar-refractivity contribution in [3.05, 3.63) is 28.5 Å². The molecule has 1 aromatic rings. The Morgan fingerprint density at radius 1 is 1.33 bits per heavy atom. The van der Waals surface area contributed by atoms with E-state index in [9.17, 15) is 5.21 Å². The summed E-state index contributed by atoms with van der Waals surface area (Å²) in [7, 11) is 1.56. The summed E-state index contributed by atoms with van der Waals surface area (Å²) in [6, 6.07) is 3.75. The molecule has 0 aliphatic carbocycles. The zero-order valence-electron chi connectivity index (χ0n) is 7.64. The van der Waals surface area contributed by atoms with Gasteiger partial charge in [-0.3, -0.25) is 0 Å². The maximum absolute atomic E-state index is 11.1. The van der Waals surface area contributed by atoms with E-state index in [1.807, 2.05) is 26.0 Å². The van der Waals surface area contributed by atoms with E-state index in [2.05, 4.69) is 0 Å². The number of hydroxylamine groups is 1.